The van der Waals surface area contributed by atoms with Gasteiger partial charge in [-0.3, -0.25) is 10.1 Å². The van der Waals surface area contributed by atoms with E-state index in [1.165, 1.54) is 6.92 Å². The van der Waals surface area contributed by atoms with Crippen LogP contribution in [0.4, 0.5) is 5.69 Å². The van der Waals surface area contributed by atoms with Gasteiger partial charge in [-0.05, 0) is 13.0 Å². The van der Waals surface area contributed by atoms with Gasteiger partial charge in [0.15, 0.2) is 6.29 Å². The highest BCUT2D eigenvalue weighted by molar-refractivity contribution is 6.32. The zero-order valence-corrected chi connectivity index (χ0v) is 10.5. The summed E-state index contributed by atoms with van der Waals surface area (Å²) in [5, 5.41) is 28.3. The average Bonchev–Trinajstić information content (AvgIpc) is 2.28. The largest absolute Gasteiger partial charge is 0.478 e. The summed E-state index contributed by atoms with van der Waals surface area (Å²) in [6.07, 6.45) is 0.680. The number of aliphatic hydroxyl groups is 1. The third-order valence-corrected chi connectivity index (χ3v) is 2.24. The van der Waals surface area contributed by atoms with Crippen LogP contribution in [-0.4, -0.2) is 27.4 Å². The normalized spacial score (nSPS) is 12.4. The Morgan fingerprint density at radius 2 is 2.21 bits per heavy atom. The number of carboxylic acid groups (broad SMARTS) is 1. The number of ether oxygens (including phenoxy) is 1. The van der Waals surface area contributed by atoms with Gasteiger partial charge < -0.3 is 14.9 Å². The number of nitro benzene ring substituents is 1. The van der Waals surface area contributed by atoms with Crippen LogP contribution >= 0.6 is 11.6 Å². The third kappa shape index (κ3) is 4.23. The van der Waals surface area contributed by atoms with Gasteiger partial charge in [-0.2, -0.15) is 0 Å². The summed E-state index contributed by atoms with van der Waals surface area (Å²) >= 11 is 5.82. The van der Waals surface area contributed by atoms with Gasteiger partial charge in [0.1, 0.15) is 5.75 Å². The Morgan fingerprint density at radius 3 is 2.68 bits per heavy atom. The lowest BCUT2D eigenvalue weighted by atomic mass is 10.1. The molecule has 0 saturated heterocycles. The van der Waals surface area contributed by atoms with Crippen molar-refractivity contribution in [1.82, 2.24) is 0 Å². The van der Waals surface area contributed by atoms with Crippen molar-refractivity contribution in [2.75, 3.05) is 0 Å². The monoisotopic (exact) mass is 287 g/mol. The number of hydrogen-bond donors (Lipinski definition) is 2. The molecule has 0 saturated carbocycles. The minimum Gasteiger partial charge on any atom is -0.478 e. The molecule has 0 bridgehead atoms. The lowest BCUT2D eigenvalue weighted by molar-refractivity contribution is -0.384. The van der Waals surface area contributed by atoms with Crippen molar-refractivity contribution >= 4 is 29.3 Å². The van der Waals surface area contributed by atoms with E-state index in [-0.39, 0.29) is 22.0 Å². The van der Waals surface area contributed by atoms with Crippen molar-refractivity contribution in [3.05, 3.63) is 38.9 Å². The van der Waals surface area contributed by atoms with Crippen LogP contribution in [0, 0.1) is 10.1 Å². The molecule has 1 aromatic rings. The number of aliphatic hydroxyl groups excluding tert-OH is 1. The Balaban J connectivity index is 3.34. The summed E-state index contributed by atoms with van der Waals surface area (Å²) < 4.78 is 5.00. The Hall–Kier alpha value is -2.12. The van der Waals surface area contributed by atoms with Gasteiger partial charge >= 0.3 is 5.97 Å². The third-order valence-electron chi connectivity index (χ3n) is 1.96. The van der Waals surface area contributed by atoms with E-state index in [2.05, 4.69) is 0 Å². The molecule has 0 aliphatic rings. The highest BCUT2D eigenvalue weighted by atomic mass is 35.5. The molecule has 1 atom stereocenters. The Labute approximate surface area is 112 Å². The average molecular weight is 288 g/mol. The summed E-state index contributed by atoms with van der Waals surface area (Å²) in [5.41, 5.74) is -0.226. The zero-order valence-electron chi connectivity index (χ0n) is 9.74. The minimum absolute atomic E-state index is 0.0280. The molecule has 0 heterocycles. The molecule has 0 amide bonds. The molecule has 102 valence electrons. The van der Waals surface area contributed by atoms with Crippen LogP contribution in [0.25, 0.3) is 6.08 Å². The maximum Gasteiger partial charge on any atom is 0.328 e. The molecule has 7 nitrogen and oxygen atoms in total. The zero-order chi connectivity index (χ0) is 14.6. The lowest BCUT2D eigenvalue weighted by Crippen LogP contribution is -2.11. The molecule has 1 aromatic carbocycles. The smallest absolute Gasteiger partial charge is 0.328 e. The van der Waals surface area contributed by atoms with Gasteiger partial charge in [0, 0.05) is 23.8 Å². The molecule has 1 rings (SSSR count). The van der Waals surface area contributed by atoms with Crippen LogP contribution in [0.1, 0.15) is 12.5 Å². The standard InChI is InChI=1S/C11H10ClNO6/c1-6(14)19-11-7(2-3-10(15)16)4-8(13(17)18)5-9(11)12/h2-6,14H,1H3,(H,15,16)/b3-2+. The molecule has 2 N–H and O–H groups in total. The fraction of sp³-hybridized carbons (Fsp3) is 0.182. The molecule has 0 radical (unpaired) electrons. The highest BCUT2D eigenvalue weighted by Gasteiger charge is 2.16. The second kappa shape index (κ2) is 6.17. The van der Waals surface area contributed by atoms with E-state index in [4.69, 9.17) is 26.6 Å². The summed E-state index contributed by atoms with van der Waals surface area (Å²) in [6.45, 7) is 1.32. The summed E-state index contributed by atoms with van der Waals surface area (Å²) in [6, 6.07) is 2.15. The lowest BCUT2D eigenvalue weighted by Gasteiger charge is -2.13. The molecule has 0 spiro atoms. The van der Waals surface area contributed by atoms with Crippen LogP contribution in [0.5, 0.6) is 5.75 Å². The van der Waals surface area contributed by atoms with Gasteiger partial charge in [-0.15, -0.1) is 0 Å². The quantitative estimate of drug-likeness (QED) is 0.371. The van der Waals surface area contributed by atoms with Crippen molar-refractivity contribution in [1.29, 1.82) is 0 Å². The van der Waals surface area contributed by atoms with E-state index in [1.807, 2.05) is 0 Å². The van der Waals surface area contributed by atoms with Gasteiger partial charge in [0.25, 0.3) is 5.69 Å². The number of carboxylic acids is 1. The molecular formula is C11H10ClNO6. The van der Waals surface area contributed by atoms with Gasteiger partial charge in [0.05, 0.1) is 9.95 Å². The number of nitrogens with zero attached hydrogens (tertiary/aromatic N) is 1. The first kappa shape index (κ1) is 14.9. The predicted molar refractivity (Wildman–Crippen MR) is 67.1 cm³/mol. The summed E-state index contributed by atoms with van der Waals surface area (Å²) in [7, 11) is 0. The van der Waals surface area contributed by atoms with E-state index >= 15 is 0 Å². The number of benzene rings is 1. The summed E-state index contributed by atoms with van der Waals surface area (Å²) in [5.74, 6) is -1.26. The topological polar surface area (TPSA) is 110 Å². The summed E-state index contributed by atoms with van der Waals surface area (Å²) in [4.78, 5) is 20.5. The van der Waals surface area contributed by atoms with Crippen LogP contribution in [0.2, 0.25) is 5.02 Å². The van der Waals surface area contributed by atoms with Gasteiger partial charge in [-0.25, -0.2) is 4.79 Å². The van der Waals surface area contributed by atoms with Crippen LogP contribution in [-0.2, 0) is 4.79 Å². The van der Waals surface area contributed by atoms with E-state index in [9.17, 15) is 14.9 Å². The van der Waals surface area contributed by atoms with Crippen molar-refractivity contribution in [3.63, 3.8) is 0 Å². The number of rotatable bonds is 5. The van der Waals surface area contributed by atoms with Crippen molar-refractivity contribution in [2.45, 2.75) is 13.2 Å². The fourth-order valence-corrected chi connectivity index (χ4v) is 1.55. The highest BCUT2D eigenvalue weighted by Crippen LogP contribution is 2.34. The SMILES string of the molecule is CC(O)Oc1c(Cl)cc([N+](=O)[O-])cc1/C=C/C(=O)O. The Morgan fingerprint density at radius 1 is 1.58 bits per heavy atom. The first-order valence-corrected chi connectivity index (χ1v) is 5.42. The molecule has 0 aliphatic heterocycles. The van der Waals surface area contributed by atoms with Crippen LogP contribution in [0.3, 0.4) is 0 Å². The van der Waals surface area contributed by atoms with E-state index in [1.54, 1.807) is 0 Å². The van der Waals surface area contributed by atoms with Crippen LogP contribution in [0.15, 0.2) is 18.2 Å². The first-order valence-electron chi connectivity index (χ1n) is 5.05. The Kier molecular flexibility index (Phi) is 4.85. The molecular weight excluding hydrogens is 278 g/mol. The van der Waals surface area contributed by atoms with E-state index in [0.29, 0.717) is 0 Å². The van der Waals surface area contributed by atoms with Gasteiger partial charge in [-0.1, -0.05) is 11.6 Å². The molecule has 0 aliphatic carbocycles. The number of halogens is 1. The van der Waals surface area contributed by atoms with Crippen molar-refractivity contribution in [2.24, 2.45) is 0 Å². The second-order valence-electron chi connectivity index (χ2n) is 3.49. The molecule has 19 heavy (non-hydrogen) atoms. The van der Waals surface area contributed by atoms with Crippen LogP contribution < -0.4 is 4.74 Å². The number of nitro groups is 1. The van der Waals surface area contributed by atoms with Gasteiger partial charge in [0.2, 0.25) is 0 Å². The predicted octanol–water partition coefficient (Wildman–Crippen LogP) is 2.06. The van der Waals surface area contributed by atoms with Crippen molar-refractivity contribution < 1.29 is 24.7 Å². The number of aliphatic carboxylic acids is 1. The van der Waals surface area contributed by atoms with E-state index in [0.717, 1.165) is 24.3 Å². The molecule has 0 fully saturated rings. The Bertz CT molecular complexity index is 540. The van der Waals surface area contributed by atoms with Crippen molar-refractivity contribution in [3.8, 4) is 5.75 Å². The molecule has 1 unspecified atom stereocenters. The number of non-ortho nitro benzene ring substituents is 1. The number of carbonyl (C=O) groups is 1. The first-order chi connectivity index (χ1) is 8.81. The second-order valence-corrected chi connectivity index (χ2v) is 3.90. The molecule has 8 heteroatoms. The molecule has 0 aromatic heterocycles. The maximum absolute atomic E-state index is 10.7. The minimum atomic E-state index is -1.23. The van der Waals surface area contributed by atoms with E-state index < -0.39 is 17.2 Å². The number of hydrogen-bond acceptors (Lipinski definition) is 5. The maximum atomic E-state index is 10.7. The fourth-order valence-electron chi connectivity index (χ4n) is 1.28.